The van der Waals surface area contributed by atoms with Gasteiger partial charge in [0.15, 0.2) is 5.82 Å². The third kappa shape index (κ3) is 2.81. The first-order chi connectivity index (χ1) is 10.5. The summed E-state index contributed by atoms with van der Waals surface area (Å²) in [6.45, 7) is 5.69. The molecule has 1 aromatic heterocycles. The van der Waals surface area contributed by atoms with E-state index < -0.39 is 5.97 Å². The van der Waals surface area contributed by atoms with Crippen LogP contribution in [-0.2, 0) is 0 Å². The Labute approximate surface area is 129 Å². The molecule has 0 spiro atoms. The summed E-state index contributed by atoms with van der Waals surface area (Å²) >= 11 is 0. The Morgan fingerprint density at radius 2 is 1.68 bits per heavy atom. The molecule has 116 valence electrons. The van der Waals surface area contributed by atoms with Crippen molar-refractivity contribution in [1.29, 1.82) is 0 Å². The number of rotatable bonds is 3. The molecule has 0 atom stereocenters. The van der Waals surface area contributed by atoms with E-state index in [1.165, 1.54) is 11.2 Å². The van der Waals surface area contributed by atoms with Crippen LogP contribution in [0, 0.1) is 13.8 Å². The average molecular weight is 300 g/mol. The number of benzene rings is 1. The lowest BCUT2D eigenvalue weighted by Crippen LogP contribution is -2.31. The fourth-order valence-corrected chi connectivity index (χ4v) is 2.94. The maximum atomic E-state index is 11.5. The van der Waals surface area contributed by atoms with Crippen molar-refractivity contribution in [2.45, 2.75) is 33.1 Å². The van der Waals surface area contributed by atoms with Crippen molar-refractivity contribution >= 4 is 11.8 Å². The van der Waals surface area contributed by atoms with Crippen molar-refractivity contribution in [1.82, 2.24) is 15.0 Å². The smallest absolute Gasteiger partial charge is 0.360 e. The number of aromatic nitrogens is 3. The lowest BCUT2D eigenvalue weighted by Gasteiger charge is -2.26. The second-order valence-electron chi connectivity index (χ2n) is 5.86. The maximum Gasteiger partial charge on any atom is 0.360 e. The molecule has 1 N–H and O–H groups in total. The Morgan fingerprint density at radius 1 is 1.05 bits per heavy atom. The maximum absolute atomic E-state index is 11.5. The van der Waals surface area contributed by atoms with Gasteiger partial charge in [-0.05, 0) is 56.4 Å². The molecular formula is C16H20N4O2. The molecule has 1 aliphatic heterocycles. The molecule has 1 fully saturated rings. The predicted molar refractivity (Wildman–Crippen MR) is 83.9 cm³/mol. The molecule has 0 bridgehead atoms. The highest BCUT2D eigenvalue weighted by Gasteiger charge is 2.24. The molecule has 1 aliphatic rings. The predicted octanol–water partition coefficient (Wildman–Crippen LogP) is 2.57. The van der Waals surface area contributed by atoms with E-state index in [1.54, 1.807) is 0 Å². The van der Waals surface area contributed by atoms with E-state index in [0.29, 0.717) is 5.82 Å². The number of aromatic carboxylic acids is 1. The van der Waals surface area contributed by atoms with Gasteiger partial charge in [-0.25, -0.2) is 4.79 Å². The Morgan fingerprint density at radius 3 is 2.27 bits per heavy atom. The van der Waals surface area contributed by atoms with Crippen LogP contribution in [0.25, 0.3) is 5.69 Å². The van der Waals surface area contributed by atoms with Gasteiger partial charge in [-0.1, -0.05) is 6.07 Å². The fraction of sp³-hybridized carbons (Fsp3) is 0.438. The minimum Gasteiger partial charge on any atom is -0.476 e. The van der Waals surface area contributed by atoms with E-state index in [2.05, 4.69) is 16.3 Å². The zero-order chi connectivity index (χ0) is 15.7. The quantitative estimate of drug-likeness (QED) is 0.943. The Balaban J connectivity index is 2.04. The van der Waals surface area contributed by atoms with E-state index in [9.17, 15) is 9.90 Å². The first-order valence-corrected chi connectivity index (χ1v) is 7.59. The van der Waals surface area contributed by atoms with Gasteiger partial charge in [0.1, 0.15) is 0 Å². The van der Waals surface area contributed by atoms with Crippen LogP contribution >= 0.6 is 0 Å². The highest BCUT2D eigenvalue weighted by atomic mass is 16.4. The third-order valence-corrected chi connectivity index (χ3v) is 3.89. The molecule has 0 radical (unpaired) electrons. The Kier molecular flexibility index (Phi) is 3.83. The SMILES string of the molecule is Cc1cc(C)cc(-n2nc(C(=O)O)c(N3CCCCC3)n2)c1. The molecule has 0 saturated carbocycles. The van der Waals surface area contributed by atoms with Gasteiger partial charge in [0, 0.05) is 13.1 Å². The summed E-state index contributed by atoms with van der Waals surface area (Å²) in [7, 11) is 0. The summed E-state index contributed by atoms with van der Waals surface area (Å²) in [5.74, 6) is -0.553. The summed E-state index contributed by atoms with van der Waals surface area (Å²) in [5, 5.41) is 18.1. The lowest BCUT2D eigenvalue weighted by atomic mass is 10.1. The molecule has 2 aromatic rings. The summed E-state index contributed by atoms with van der Waals surface area (Å²) in [6, 6.07) is 5.98. The lowest BCUT2D eigenvalue weighted by molar-refractivity contribution is 0.0690. The Hall–Kier alpha value is -2.37. The van der Waals surface area contributed by atoms with Crippen LogP contribution < -0.4 is 4.90 Å². The number of hydrogen-bond acceptors (Lipinski definition) is 4. The topological polar surface area (TPSA) is 71.2 Å². The van der Waals surface area contributed by atoms with E-state index in [1.807, 2.05) is 30.9 Å². The second kappa shape index (κ2) is 5.79. The average Bonchev–Trinajstić information content (AvgIpc) is 2.92. The van der Waals surface area contributed by atoms with Crippen LogP contribution in [0.1, 0.15) is 40.9 Å². The van der Waals surface area contributed by atoms with Gasteiger partial charge in [-0.15, -0.1) is 15.0 Å². The minimum atomic E-state index is -1.03. The van der Waals surface area contributed by atoms with E-state index in [-0.39, 0.29) is 5.69 Å². The van der Waals surface area contributed by atoms with E-state index in [0.717, 1.165) is 42.7 Å². The molecule has 3 rings (SSSR count). The molecule has 0 amide bonds. The zero-order valence-corrected chi connectivity index (χ0v) is 12.9. The summed E-state index contributed by atoms with van der Waals surface area (Å²) in [5.41, 5.74) is 3.02. The number of piperidine rings is 1. The molecule has 22 heavy (non-hydrogen) atoms. The molecule has 0 unspecified atom stereocenters. The number of nitrogens with zero attached hydrogens (tertiary/aromatic N) is 4. The monoisotopic (exact) mass is 300 g/mol. The van der Waals surface area contributed by atoms with Crippen LogP contribution in [0.4, 0.5) is 5.82 Å². The molecule has 6 nitrogen and oxygen atoms in total. The van der Waals surface area contributed by atoms with Gasteiger partial charge < -0.3 is 10.0 Å². The van der Waals surface area contributed by atoms with Crippen molar-refractivity contribution in [2.24, 2.45) is 0 Å². The highest BCUT2D eigenvalue weighted by molar-refractivity contribution is 5.91. The number of carboxylic acids is 1. The van der Waals surface area contributed by atoms with Crippen molar-refractivity contribution in [3.8, 4) is 5.69 Å². The van der Waals surface area contributed by atoms with Crippen LogP contribution in [0.2, 0.25) is 0 Å². The van der Waals surface area contributed by atoms with Crippen molar-refractivity contribution < 1.29 is 9.90 Å². The molecule has 6 heteroatoms. The third-order valence-electron chi connectivity index (χ3n) is 3.89. The van der Waals surface area contributed by atoms with Crippen LogP contribution in [0.15, 0.2) is 18.2 Å². The number of carboxylic acid groups (broad SMARTS) is 1. The van der Waals surface area contributed by atoms with Crippen LogP contribution in [0.3, 0.4) is 0 Å². The van der Waals surface area contributed by atoms with Gasteiger partial charge in [0.05, 0.1) is 5.69 Å². The van der Waals surface area contributed by atoms with Crippen molar-refractivity contribution in [2.75, 3.05) is 18.0 Å². The molecule has 2 heterocycles. The van der Waals surface area contributed by atoms with Gasteiger partial charge >= 0.3 is 5.97 Å². The first-order valence-electron chi connectivity index (χ1n) is 7.59. The number of hydrogen-bond donors (Lipinski definition) is 1. The van der Waals surface area contributed by atoms with Gasteiger partial charge in [0.25, 0.3) is 0 Å². The summed E-state index contributed by atoms with van der Waals surface area (Å²) in [6.07, 6.45) is 3.31. The summed E-state index contributed by atoms with van der Waals surface area (Å²) in [4.78, 5) is 15.0. The van der Waals surface area contributed by atoms with Crippen molar-refractivity contribution in [3.05, 3.63) is 35.0 Å². The Bertz CT molecular complexity index is 682. The van der Waals surface area contributed by atoms with Crippen LogP contribution in [-0.4, -0.2) is 39.2 Å². The van der Waals surface area contributed by atoms with E-state index >= 15 is 0 Å². The number of carbonyl (C=O) groups is 1. The first kappa shape index (κ1) is 14.6. The fourth-order valence-electron chi connectivity index (χ4n) is 2.94. The van der Waals surface area contributed by atoms with Crippen LogP contribution in [0.5, 0.6) is 0 Å². The zero-order valence-electron chi connectivity index (χ0n) is 12.9. The summed E-state index contributed by atoms with van der Waals surface area (Å²) < 4.78 is 0. The van der Waals surface area contributed by atoms with Gasteiger partial charge in [0.2, 0.25) is 5.69 Å². The van der Waals surface area contributed by atoms with Gasteiger partial charge in [-0.3, -0.25) is 0 Å². The standard InChI is InChI=1S/C16H20N4O2/c1-11-8-12(2)10-13(9-11)20-17-14(16(21)22)15(18-20)19-6-4-3-5-7-19/h8-10H,3-7H2,1-2H3,(H,21,22). The number of anilines is 1. The molecule has 0 aliphatic carbocycles. The molecule has 1 saturated heterocycles. The highest BCUT2D eigenvalue weighted by Crippen LogP contribution is 2.22. The normalized spacial score (nSPS) is 15.1. The second-order valence-corrected chi connectivity index (χ2v) is 5.86. The van der Waals surface area contributed by atoms with Crippen molar-refractivity contribution in [3.63, 3.8) is 0 Å². The van der Waals surface area contributed by atoms with Gasteiger partial charge in [-0.2, -0.15) is 0 Å². The largest absolute Gasteiger partial charge is 0.476 e. The van der Waals surface area contributed by atoms with E-state index in [4.69, 9.17) is 0 Å². The molecular weight excluding hydrogens is 280 g/mol. The molecule has 1 aromatic carbocycles. The minimum absolute atomic E-state index is 0.0288. The number of aryl methyl sites for hydroxylation is 2.